The van der Waals surface area contributed by atoms with Gasteiger partial charge in [-0.25, -0.2) is 0 Å². The predicted octanol–water partition coefficient (Wildman–Crippen LogP) is 31.6. The maximum Gasteiger partial charge on any atom is 0.144 e. The minimum absolute atomic E-state index is 0.199. The molecule has 4 aliphatic rings. The van der Waals surface area contributed by atoms with E-state index in [1.165, 1.54) is 251 Å². The monoisotopic (exact) mass is 1550 g/mol. The molecular formula is C115H119NO2. The number of benzene rings is 12. The third-order valence-corrected chi connectivity index (χ3v) is 28.2. The zero-order chi connectivity index (χ0) is 80.8. The van der Waals surface area contributed by atoms with Crippen LogP contribution in [0.25, 0.3) is 89.6 Å². The molecule has 596 valence electrons. The molecule has 3 heteroatoms. The van der Waals surface area contributed by atoms with Gasteiger partial charge in [-0.15, -0.1) is 0 Å². The maximum atomic E-state index is 7.69. The van der Waals surface area contributed by atoms with Crippen molar-refractivity contribution in [2.75, 3.05) is 4.90 Å². The van der Waals surface area contributed by atoms with Gasteiger partial charge in [0.15, 0.2) is 0 Å². The zero-order valence-electron chi connectivity index (χ0n) is 71.4. The maximum absolute atomic E-state index is 7.69. The topological polar surface area (TPSA) is 29.5 Å². The van der Waals surface area contributed by atoms with Gasteiger partial charge in [0.05, 0.1) is 10.8 Å². The molecule has 14 aromatic rings. The number of hydrogen-bond acceptors (Lipinski definition) is 3. The number of rotatable bonds is 32. The summed E-state index contributed by atoms with van der Waals surface area (Å²) in [5.74, 6) is 0. The van der Waals surface area contributed by atoms with Crippen LogP contribution in [-0.2, 0) is 27.1 Å². The second-order valence-corrected chi connectivity index (χ2v) is 36.1. The Morgan fingerprint density at radius 3 is 1.36 bits per heavy atom. The van der Waals surface area contributed by atoms with E-state index in [9.17, 15) is 0 Å². The summed E-state index contributed by atoms with van der Waals surface area (Å²) in [7, 11) is 0. The van der Waals surface area contributed by atoms with E-state index in [4.69, 9.17) is 8.83 Å². The van der Waals surface area contributed by atoms with E-state index in [-0.39, 0.29) is 16.2 Å². The fourth-order valence-electron chi connectivity index (χ4n) is 23.1. The fraction of sp³-hybridized carbons (Fsp3) is 0.322. The van der Waals surface area contributed by atoms with Crippen molar-refractivity contribution in [1.82, 2.24) is 0 Å². The van der Waals surface area contributed by atoms with Crippen molar-refractivity contribution in [2.24, 2.45) is 0 Å². The van der Waals surface area contributed by atoms with Gasteiger partial charge in [0.25, 0.3) is 0 Å². The Kier molecular flexibility index (Phi) is 21.8. The van der Waals surface area contributed by atoms with Crippen LogP contribution in [0.5, 0.6) is 0 Å². The lowest BCUT2D eigenvalue weighted by Gasteiger charge is -2.40. The van der Waals surface area contributed by atoms with E-state index in [2.05, 4.69) is 334 Å². The Labute approximate surface area is 702 Å². The molecule has 2 heterocycles. The van der Waals surface area contributed by atoms with Gasteiger partial charge < -0.3 is 13.7 Å². The molecular weight excluding hydrogens is 1430 g/mol. The van der Waals surface area contributed by atoms with Crippen molar-refractivity contribution in [3.05, 3.63) is 350 Å². The molecule has 0 unspecified atom stereocenters. The van der Waals surface area contributed by atoms with Gasteiger partial charge in [0, 0.05) is 54.8 Å². The Hall–Kier alpha value is -10.7. The number of nitrogens with zero attached hydrogens (tertiary/aromatic N) is 1. The van der Waals surface area contributed by atoms with Crippen LogP contribution in [0.1, 0.15) is 282 Å². The third kappa shape index (κ3) is 12.7. The first-order valence-electron chi connectivity index (χ1n) is 45.5. The van der Waals surface area contributed by atoms with Crippen molar-refractivity contribution in [2.45, 2.75) is 237 Å². The first-order chi connectivity index (χ1) is 58.0. The second kappa shape index (κ2) is 32.9. The van der Waals surface area contributed by atoms with Gasteiger partial charge >= 0.3 is 0 Å². The Morgan fingerprint density at radius 1 is 0.356 bits per heavy atom. The standard InChI is InChI=1S/C115H119NO2/c1-10-16-20-24-46-71-112(72-47-25-21-17-11-2)92-61-42-40-59-86(92)107-109(112)108-105(106-89-60-41-45-64-101(89)118-110(106)107)87-68-66-83(75-95(87)113(108,73-48-26-22-18-12-3)74-49-27-23-19-13-4)116(99-63-44-43-62-93(99)111(7,8)9)84-65-67-85-90-77-98-91(78-97(90)115(96(85)76-84,81-55-36-30-37-56-81)82-57-38-31-39-58-82)103-94(69-70-102-104(103)88(50-14-5)100(15-6)117-102)114(98,79-51-32-28-33-52-79)80-53-34-29-35-54-80/h14-15,28-45,50-70,75-78H,5,10-13,16-27,46-49,71-74H2,1-4,6-9H3/b88-50+,100-15+. The second-order valence-electron chi connectivity index (χ2n) is 36.1. The first-order valence-corrected chi connectivity index (χ1v) is 45.5. The van der Waals surface area contributed by atoms with Crippen molar-refractivity contribution in [3.63, 3.8) is 0 Å². The number of hydrogen-bond donors (Lipinski definition) is 0. The van der Waals surface area contributed by atoms with Gasteiger partial charge in [-0.1, -0.05) is 396 Å². The summed E-state index contributed by atoms with van der Waals surface area (Å²) in [5.41, 5.74) is 33.2. The predicted molar refractivity (Wildman–Crippen MR) is 501 cm³/mol. The van der Waals surface area contributed by atoms with Gasteiger partial charge in [-0.05, 0) is 210 Å². The zero-order valence-corrected chi connectivity index (χ0v) is 71.4. The number of anilines is 3. The average Bonchev–Trinajstić information content (AvgIpc) is 1.49. The highest BCUT2D eigenvalue weighted by Crippen LogP contribution is 2.69. The van der Waals surface area contributed by atoms with Crippen LogP contribution in [-0.4, -0.2) is 0 Å². The molecule has 18 rings (SSSR count). The third-order valence-electron chi connectivity index (χ3n) is 28.2. The summed E-state index contributed by atoms with van der Waals surface area (Å²) in [5, 5.41) is 4.70. The van der Waals surface area contributed by atoms with Crippen LogP contribution in [0, 0.1) is 0 Å². The molecule has 3 nitrogen and oxygen atoms in total. The molecule has 12 aromatic carbocycles. The first kappa shape index (κ1) is 78.4. The SMILES string of the molecule is C=C/C=c1\c(=C/C)oc2ccc3c(c12)-c1cc2c(cc1C3(c1ccccc1)c1ccccc1)-c1ccc(N(c3ccc4c(c3)C(CCCCCCC)(CCCCCCC)c3c5c(c6oc7ccccc7c6c3-4)-c3ccccc3C5(CCCCCCC)CCCCCCC)c3ccccc3C(C)(C)C)cc1C2(c1ccccc1)c1ccccc1. The Bertz CT molecular complexity index is 6050. The molecule has 118 heavy (non-hydrogen) atoms. The van der Waals surface area contributed by atoms with Crippen LogP contribution in [0.15, 0.2) is 276 Å². The van der Waals surface area contributed by atoms with E-state index in [1.807, 2.05) is 6.08 Å². The molecule has 0 bridgehead atoms. The van der Waals surface area contributed by atoms with E-state index in [0.717, 1.165) is 64.1 Å². The number of allylic oxidation sites excluding steroid dienone is 1. The van der Waals surface area contributed by atoms with Crippen LogP contribution in [0.4, 0.5) is 17.1 Å². The van der Waals surface area contributed by atoms with Crippen molar-refractivity contribution < 1.29 is 8.83 Å². The Morgan fingerprint density at radius 2 is 0.805 bits per heavy atom. The normalized spacial score (nSPS) is 15.0. The summed E-state index contributed by atoms with van der Waals surface area (Å²) in [6.45, 7) is 23.2. The van der Waals surface area contributed by atoms with Crippen LogP contribution >= 0.6 is 0 Å². The quantitative estimate of drug-likeness (QED) is 0.0394. The number of para-hydroxylation sites is 2. The molecule has 0 radical (unpaired) electrons. The van der Waals surface area contributed by atoms with Gasteiger partial charge in [0.2, 0.25) is 0 Å². The van der Waals surface area contributed by atoms with Crippen LogP contribution in [0.2, 0.25) is 0 Å². The summed E-state index contributed by atoms with van der Waals surface area (Å²) in [6.07, 6.45) is 35.4. The van der Waals surface area contributed by atoms with Crippen molar-refractivity contribution in [3.8, 4) is 44.5 Å². The molecule has 0 amide bonds. The molecule has 2 aromatic heterocycles. The molecule has 0 fully saturated rings. The summed E-state index contributed by atoms with van der Waals surface area (Å²) < 4.78 is 14.7. The molecule has 0 saturated carbocycles. The highest BCUT2D eigenvalue weighted by atomic mass is 16.3. The van der Waals surface area contributed by atoms with Crippen LogP contribution in [0.3, 0.4) is 0 Å². The van der Waals surface area contributed by atoms with Crippen molar-refractivity contribution >= 4 is 62.1 Å². The minimum Gasteiger partial charge on any atom is -0.456 e. The lowest BCUT2D eigenvalue weighted by molar-refractivity contribution is 0.369. The van der Waals surface area contributed by atoms with E-state index in [0.29, 0.717) is 0 Å². The molecule has 0 aliphatic heterocycles. The van der Waals surface area contributed by atoms with E-state index < -0.39 is 10.8 Å². The summed E-state index contributed by atoms with van der Waals surface area (Å²) >= 11 is 0. The minimum atomic E-state index is -0.805. The van der Waals surface area contributed by atoms with Crippen LogP contribution < -0.4 is 15.5 Å². The van der Waals surface area contributed by atoms with Gasteiger partial charge in [0.1, 0.15) is 22.2 Å². The fourth-order valence-corrected chi connectivity index (χ4v) is 23.1. The lowest BCUT2D eigenvalue weighted by atomic mass is 9.62. The molecule has 0 saturated heterocycles. The molecule has 0 spiro atoms. The largest absolute Gasteiger partial charge is 0.456 e. The molecule has 0 N–H and O–H groups in total. The van der Waals surface area contributed by atoms with Crippen molar-refractivity contribution in [1.29, 1.82) is 0 Å². The highest BCUT2D eigenvalue weighted by molar-refractivity contribution is 6.21. The smallest absolute Gasteiger partial charge is 0.144 e. The lowest BCUT2D eigenvalue weighted by Crippen LogP contribution is -2.33. The number of furan rings is 2. The molecule has 0 atom stereocenters. The number of fused-ring (bicyclic) bond motifs is 20. The average molecular weight is 1550 g/mol. The van der Waals surface area contributed by atoms with Gasteiger partial charge in [-0.3, -0.25) is 0 Å². The summed E-state index contributed by atoms with van der Waals surface area (Å²) in [4.78, 5) is 2.73. The summed E-state index contributed by atoms with van der Waals surface area (Å²) in [6, 6.07) is 99.7. The van der Waals surface area contributed by atoms with E-state index >= 15 is 0 Å². The molecule has 4 aliphatic carbocycles. The van der Waals surface area contributed by atoms with Gasteiger partial charge in [-0.2, -0.15) is 0 Å². The number of unbranched alkanes of at least 4 members (excludes halogenated alkanes) is 16. The Balaban J connectivity index is 0.935. The van der Waals surface area contributed by atoms with E-state index in [1.54, 1.807) is 16.7 Å². The highest BCUT2D eigenvalue weighted by Gasteiger charge is 2.56.